The first-order valence-electron chi connectivity index (χ1n) is 8.32. The minimum Gasteiger partial charge on any atom is -0.486 e. The van der Waals surface area contributed by atoms with Crippen LogP contribution in [0.3, 0.4) is 0 Å². The molecule has 0 radical (unpaired) electrons. The summed E-state index contributed by atoms with van der Waals surface area (Å²) in [6, 6.07) is 8.67. The molecule has 0 saturated carbocycles. The first kappa shape index (κ1) is 20.8. The van der Waals surface area contributed by atoms with Gasteiger partial charge in [0.05, 0.1) is 17.0 Å². The van der Waals surface area contributed by atoms with E-state index in [0.717, 1.165) is 10.6 Å². The molecule has 28 heavy (non-hydrogen) atoms. The minimum atomic E-state index is -3.75. The van der Waals surface area contributed by atoms with Gasteiger partial charge in [-0.05, 0) is 53.2 Å². The first-order valence-corrected chi connectivity index (χ1v) is 11.3. The van der Waals surface area contributed by atoms with Gasteiger partial charge in [0.2, 0.25) is 15.9 Å². The van der Waals surface area contributed by atoms with Crippen molar-refractivity contribution in [2.45, 2.75) is 13.0 Å². The molecule has 0 fully saturated rings. The second kappa shape index (κ2) is 8.18. The van der Waals surface area contributed by atoms with Gasteiger partial charge in [0, 0.05) is 16.2 Å². The van der Waals surface area contributed by atoms with Crippen molar-refractivity contribution < 1.29 is 22.7 Å². The van der Waals surface area contributed by atoms with Crippen molar-refractivity contribution in [2.75, 3.05) is 29.1 Å². The minimum absolute atomic E-state index is 0.309. The Labute approximate surface area is 176 Å². The molecule has 1 heterocycles. The molecule has 1 N–H and O–H groups in total. The molecule has 0 spiro atoms. The number of nitrogens with zero attached hydrogens (tertiary/aromatic N) is 1. The normalized spacial score (nSPS) is 14.3. The number of fused-ring (bicyclic) bond motifs is 1. The third-order valence-electron chi connectivity index (χ3n) is 4.06. The molecule has 2 aromatic rings. The van der Waals surface area contributed by atoms with Crippen LogP contribution in [0, 0.1) is 0 Å². The van der Waals surface area contributed by atoms with Gasteiger partial charge >= 0.3 is 0 Å². The van der Waals surface area contributed by atoms with E-state index < -0.39 is 22.0 Å². The number of rotatable bonds is 5. The number of nitrogens with one attached hydrogen (secondary N) is 1. The van der Waals surface area contributed by atoms with Crippen LogP contribution >= 0.6 is 27.5 Å². The molecule has 1 atom stereocenters. The van der Waals surface area contributed by atoms with Crippen molar-refractivity contribution in [3.63, 3.8) is 0 Å². The van der Waals surface area contributed by atoms with Crippen LogP contribution in [0.1, 0.15) is 6.92 Å². The van der Waals surface area contributed by atoms with Crippen LogP contribution in [0.5, 0.6) is 11.5 Å². The summed E-state index contributed by atoms with van der Waals surface area (Å²) >= 11 is 9.33. The quantitative estimate of drug-likeness (QED) is 0.693. The third-order valence-corrected chi connectivity index (χ3v) is 6.53. The summed E-state index contributed by atoms with van der Waals surface area (Å²) in [6.07, 6.45) is 1.05. The van der Waals surface area contributed by atoms with Crippen LogP contribution < -0.4 is 19.1 Å². The summed E-state index contributed by atoms with van der Waals surface area (Å²) in [5, 5.41) is 3.12. The Morgan fingerprint density at radius 3 is 2.50 bits per heavy atom. The van der Waals surface area contributed by atoms with E-state index in [9.17, 15) is 13.2 Å². The van der Waals surface area contributed by atoms with E-state index in [1.54, 1.807) is 36.4 Å². The lowest BCUT2D eigenvalue weighted by Crippen LogP contribution is -2.45. The molecular formula is C18H18BrClN2O5S. The van der Waals surface area contributed by atoms with Crippen LogP contribution in [0.2, 0.25) is 5.02 Å². The van der Waals surface area contributed by atoms with Crippen molar-refractivity contribution in [1.29, 1.82) is 0 Å². The number of amides is 1. The van der Waals surface area contributed by atoms with Crippen molar-refractivity contribution >= 4 is 54.8 Å². The molecular weight excluding hydrogens is 472 g/mol. The molecule has 0 aliphatic carbocycles. The van der Waals surface area contributed by atoms with E-state index >= 15 is 0 Å². The van der Waals surface area contributed by atoms with Crippen molar-refractivity contribution in [1.82, 2.24) is 0 Å². The van der Waals surface area contributed by atoms with E-state index in [0.29, 0.717) is 45.6 Å². The largest absolute Gasteiger partial charge is 0.486 e. The zero-order chi connectivity index (χ0) is 20.5. The lowest BCUT2D eigenvalue weighted by molar-refractivity contribution is -0.116. The number of carbonyl (C=O) groups excluding carboxylic acids is 1. The van der Waals surface area contributed by atoms with Gasteiger partial charge in [-0.1, -0.05) is 11.6 Å². The third kappa shape index (κ3) is 4.53. The van der Waals surface area contributed by atoms with Crippen LogP contribution in [0.4, 0.5) is 11.4 Å². The summed E-state index contributed by atoms with van der Waals surface area (Å²) in [6.45, 7) is 2.31. The fraction of sp³-hybridized carbons (Fsp3) is 0.278. The van der Waals surface area contributed by atoms with Crippen molar-refractivity contribution in [3.05, 3.63) is 45.9 Å². The predicted octanol–water partition coefficient (Wildman–Crippen LogP) is 3.67. The molecule has 2 aromatic carbocycles. The lowest BCUT2D eigenvalue weighted by Gasteiger charge is -2.29. The maximum absolute atomic E-state index is 12.7. The first-order chi connectivity index (χ1) is 13.2. The maximum atomic E-state index is 12.7. The Kier molecular flexibility index (Phi) is 6.07. The van der Waals surface area contributed by atoms with Crippen LogP contribution in [0.15, 0.2) is 40.9 Å². The molecule has 0 unspecified atom stereocenters. The number of benzene rings is 2. The lowest BCUT2D eigenvalue weighted by atomic mass is 10.2. The van der Waals surface area contributed by atoms with Gasteiger partial charge in [0.1, 0.15) is 19.3 Å². The molecule has 0 saturated heterocycles. The fourth-order valence-electron chi connectivity index (χ4n) is 2.80. The highest BCUT2D eigenvalue weighted by Gasteiger charge is 2.30. The van der Waals surface area contributed by atoms with Gasteiger partial charge in [0.15, 0.2) is 11.5 Å². The maximum Gasteiger partial charge on any atom is 0.247 e. The highest BCUT2D eigenvalue weighted by molar-refractivity contribution is 9.10. The molecule has 150 valence electrons. The zero-order valence-electron chi connectivity index (χ0n) is 15.1. The summed E-state index contributed by atoms with van der Waals surface area (Å²) in [5.74, 6) is 0.466. The van der Waals surface area contributed by atoms with Gasteiger partial charge in [-0.25, -0.2) is 8.42 Å². The second-order valence-corrected chi connectivity index (χ2v) is 9.30. The zero-order valence-corrected chi connectivity index (χ0v) is 18.3. The molecule has 0 bridgehead atoms. The van der Waals surface area contributed by atoms with Gasteiger partial charge in [-0.2, -0.15) is 0 Å². The Morgan fingerprint density at radius 1 is 1.18 bits per heavy atom. The van der Waals surface area contributed by atoms with E-state index in [-0.39, 0.29) is 0 Å². The highest BCUT2D eigenvalue weighted by Crippen LogP contribution is 2.35. The Hall–Kier alpha value is -1.97. The Bertz CT molecular complexity index is 1020. The van der Waals surface area contributed by atoms with Crippen LogP contribution in [0.25, 0.3) is 0 Å². The molecule has 1 aliphatic heterocycles. The van der Waals surface area contributed by atoms with Crippen LogP contribution in [-0.4, -0.2) is 39.8 Å². The van der Waals surface area contributed by atoms with Gasteiger partial charge < -0.3 is 14.8 Å². The van der Waals surface area contributed by atoms with Gasteiger partial charge in [0.25, 0.3) is 0 Å². The standard InChI is InChI=1S/C18H18BrClN2O5S/c1-11(18(23)21-12-3-5-14(19)15(20)9-12)22(28(2,24)25)13-4-6-16-17(10-13)27-8-7-26-16/h3-6,9-11H,7-8H2,1-2H3,(H,21,23)/t11-/m0/s1. The molecule has 10 heteroatoms. The average Bonchev–Trinajstić information content (AvgIpc) is 2.63. The van der Waals surface area contributed by atoms with E-state index in [1.807, 2.05) is 0 Å². The number of halogens is 2. The van der Waals surface area contributed by atoms with E-state index in [2.05, 4.69) is 21.2 Å². The molecule has 1 aliphatic rings. The van der Waals surface area contributed by atoms with Crippen molar-refractivity contribution in [2.24, 2.45) is 0 Å². The van der Waals surface area contributed by atoms with Gasteiger partial charge in [-0.15, -0.1) is 0 Å². The topological polar surface area (TPSA) is 84.9 Å². The number of hydrogen-bond acceptors (Lipinski definition) is 5. The smallest absolute Gasteiger partial charge is 0.247 e. The number of hydrogen-bond donors (Lipinski definition) is 1. The number of sulfonamides is 1. The number of anilines is 2. The van der Waals surface area contributed by atoms with Crippen LogP contribution in [-0.2, 0) is 14.8 Å². The Morgan fingerprint density at radius 2 is 1.86 bits per heavy atom. The number of carbonyl (C=O) groups is 1. The summed E-state index contributed by atoms with van der Waals surface area (Å²) in [4.78, 5) is 12.7. The molecule has 7 nitrogen and oxygen atoms in total. The highest BCUT2D eigenvalue weighted by atomic mass is 79.9. The SMILES string of the molecule is C[C@@H](C(=O)Nc1ccc(Br)c(Cl)c1)N(c1ccc2c(c1)OCCO2)S(C)(=O)=O. The fourth-order valence-corrected chi connectivity index (χ4v) is 4.39. The average molecular weight is 490 g/mol. The van der Waals surface area contributed by atoms with Gasteiger partial charge in [-0.3, -0.25) is 9.10 Å². The second-order valence-electron chi connectivity index (χ2n) is 6.18. The van der Waals surface area contributed by atoms with E-state index in [4.69, 9.17) is 21.1 Å². The summed E-state index contributed by atoms with van der Waals surface area (Å²) < 4.78 is 37.6. The Balaban J connectivity index is 1.89. The molecule has 3 rings (SSSR count). The molecule has 0 aromatic heterocycles. The summed E-state index contributed by atoms with van der Waals surface area (Å²) in [5.41, 5.74) is 0.768. The number of ether oxygens (including phenoxy) is 2. The monoisotopic (exact) mass is 488 g/mol. The predicted molar refractivity (Wildman–Crippen MR) is 112 cm³/mol. The molecule has 1 amide bonds. The van der Waals surface area contributed by atoms with E-state index in [1.165, 1.54) is 6.92 Å². The van der Waals surface area contributed by atoms with Crippen molar-refractivity contribution in [3.8, 4) is 11.5 Å². The summed E-state index contributed by atoms with van der Waals surface area (Å²) in [7, 11) is -3.75.